The van der Waals surface area contributed by atoms with Crippen molar-refractivity contribution >= 4 is 56.9 Å². The highest BCUT2D eigenvalue weighted by Crippen LogP contribution is 2.48. The van der Waals surface area contributed by atoms with Crippen molar-refractivity contribution in [3.63, 3.8) is 0 Å². The number of fused-ring (bicyclic) bond motifs is 3. The molecule has 4 aromatic rings. The second-order valence-corrected chi connectivity index (χ2v) is 7.20. The minimum absolute atomic E-state index is 0.416. The number of anilines is 6. The van der Waals surface area contributed by atoms with Crippen LogP contribution < -0.4 is 22.1 Å². The molecule has 4 aromatic carbocycles. The molecule has 0 radical (unpaired) electrons. The van der Waals surface area contributed by atoms with Crippen molar-refractivity contribution in [1.29, 1.82) is 0 Å². The van der Waals surface area contributed by atoms with Gasteiger partial charge in [0.05, 0.1) is 39.8 Å². The minimum atomic E-state index is 0.416. The normalized spacial score (nSPS) is 12.2. The molecule has 1 heterocycles. The first-order valence-corrected chi connectivity index (χ1v) is 10.0. The second kappa shape index (κ2) is 8.19. The molecule has 0 fully saturated rings. The van der Waals surface area contributed by atoms with E-state index in [1.807, 2.05) is 78.9 Å². The lowest BCUT2D eigenvalue weighted by Crippen LogP contribution is -2.02. The zero-order valence-corrected chi connectivity index (χ0v) is 17.0. The van der Waals surface area contributed by atoms with Crippen molar-refractivity contribution < 1.29 is 0 Å². The summed E-state index contributed by atoms with van der Waals surface area (Å²) in [6, 6.07) is 26.5. The standard InChI is InChI=1S/C24H20N8/c25-18-14-21(32-30-16-9-5-2-6-10-16)23-24(22(18)26)27-17-11-12-19(20(13-17)28-23)31-29-15-7-3-1-4-8-15/h1-14,27-28H,25-26H2. The quantitative estimate of drug-likeness (QED) is 0.177. The first-order chi connectivity index (χ1) is 15.7. The summed E-state index contributed by atoms with van der Waals surface area (Å²) in [5.74, 6) is 0. The van der Waals surface area contributed by atoms with Crippen LogP contribution in [-0.4, -0.2) is 0 Å². The molecule has 156 valence electrons. The zero-order chi connectivity index (χ0) is 21.9. The van der Waals surface area contributed by atoms with E-state index in [4.69, 9.17) is 11.5 Å². The predicted molar refractivity (Wildman–Crippen MR) is 130 cm³/mol. The van der Waals surface area contributed by atoms with Gasteiger partial charge in [-0.1, -0.05) is 36.4 Å². The largest absolute Gasteiger partial charge is 0.397 e. The van der Waals surface area contributed by atoms with Crippen LogP contribution in [0, 0.1) is 0 Å². The summed E-state index contributed by atoms with van der Waals surface area (Å²) >= 11 is 0. The van der Waals surface area contributed by atoms with Crippen LogP contribution in [0.2, 0.25) is 0 Å². The van der Waals surface area contributed by atoms with Crippen molar-refractivity contribution in [3.8, 4) is 0 Å². The van der Waals surface area contributed by atoms with E-state index in [1.165, 1.54) is 0 Å². The van der Waals surface area contributed by atoms with E-state index in [1.54, 1.807) is 6.07 Å². The second-order valence-electron chi connectivity index (χ2n) is 7.20. The molecule has 8 heteroatoms. The van der Waals surface area contributed by atoms with Gasteiger partial charge in [-0.25, -0.2) is 0 Å². The third-order valence-corrected chi connectivity index (χ3v) is 4.96. The highest BCUT2D eigenvalue weighted by molar-refractivity contribution is 6.01. The summed E-state index contributed by atoms with van der Waals surface area (Å²) in [7, 11) is 0. The molecular formula is C24H20N8. The molecule has 1 aliphatic heterocycles. The van der Waals surface area contributed by atoms with E-state index in [9.17, 15) is 0 Å². The molecule has 0 saturated heterocycles. The number of rotatable bonds is 4. The Morgan fingerprint density at radius 1 is 0.562 bits per heavy atom. The van der Waals surface area contributed by atoms with Gasteiger partial charge in [-0.2, -0.15) is 10.2 Å². The third kappa shape index (κ3) is 3.84. The molecule has 0 saturated carbocycles. The summed E-state index contributed by atoms with van der Waals surface area (Å²) in [6.45, 7) is 0. The Labute approximate surface area is 184 Å². The Hall–Kier alpha value is -4.72. The minimum Gasteiger partial charge on any atom is -0.397 e. The fourth-order valence-corrected chi connectivity index (χ4v) is 3.33. The van der Waals surface area contributed by atoms with Crippen LogP contribution in [0.3, 0.4) is 0 Å². The van der Waals surface area contributed by atoms with Gasteiger partial charge in [-0.15, -0.1) is 10.2 Å². The number of nitrogen functional groups attached to an aromatic ring is 2. The number of hydrogen-bond donors (Lipinski definition) is 4. The monoisotopic (exact) mass is 420 g/mol. The van der Waals surface area contributed by atoms with Crippen molar-refractivity contribution in [3.05, 3.63) is 84.9 Å². The fraction of sp³-hybridized carbons (Fsp3) is 0. The molecule has 0 atom stereocenters. The molecule has 8 nitrogen and oxygen atoms in total. The smallest absolute Gasteiger partial charge is 0.113 e. The predicted octanol–water partition coefficient (Wildman–Crippen LogP) is 7.48. The van der Waals surface area contributed by atoms with E-state index in [-0.39, 0.29) is 0 Å². The lowest BCUT2D eigenvalue weighted by molar-refractivity contribution is 1.22. The summed E-state index contributed by atoms with van der Waals surface area (Å²) in [5, 5.41) is 24.3. The maximum absolute atomic E-state index is 6.29. The Kier molecular flexibility index (Phi) is 4.93. The van der Waals surface area contributed by atoms with Crippen LogP contribution in [-0.2, 0) is 0 Å². The van der Waals surface area contributed by atoms with E-state index in [0.717, 1.165) is 22.7 Å². The number of nitrogens with zero attached hydrogens (tertiary/aromatic N) is 4. The van der Waals surface area contributed by atoms with E-state index >= 15 is 0 Å². The maximum atomic E-state index is 6.29. The molecule has 0 aromatic heterocycles. The van der Waals surface area contributed by atoms with Crippen molar-refractivity contribution in [2.24, 2.45) is 20.5 Å². The van der Waals surface area contributed by atoms with E-state index in [0.29, 0.717) is 34.1 Å². The van der Waals surface area contributed by atoms with Gasteiger partial charge in [-0.3, -0.25) is 0 Å². The van der Waals surface area contributed by atoms with Gasteiger partial charge in [0.15, 0.2) is 0 Å². The topological polar surface area (TPSA) is 126 Å². The van der Waals surface area contributed by atoms with Gasteiger partial charge in [0, 0.05) is 5.69 Å². The molecular weight excluding hydrogens is 400 g/mol. The molecule has 6 N–H and O–H groups in total. The Balaban J connectivity index is 1.56. The van der Waals surface area contributed by atoms with E-state index < -0.39 is 0 Å². The van der Waals surface area contributed by atoms with Crippen molar-refractivity contribution in [2.75, 3.05) is 22.1 Å². The van der Waals surface area contributed by atoms with Gasteiger partial charge in [0.25, 0.3) is 0 Å². The molecule has 5 rings (SSSR count). The Bertz CT molecular complexity index is 1330. The molecule has 0 amide bonds. The molecule has 0 aliphatic carbocycles. The fourth-order valence-electron chi connectivity index (χ4n) is 3.33. The molecule has 1 aliphatic rings. The van der Waals surface area contributed by atoms with Crippen molar-refractivity contribution in [1.82, 2.24) is 0 Å². The Morgan fingerprint density at radius 2 is 1.19 bits per heavy atom. The van der Waals surface area contributed by atoms with Crippen LogP contribution in [0.15, 0.2) is 105 Å². The molecule has 32 heavy (non-hydrogen) atoms. The average Bonchev–Trinajstić information content (AvgIpc) is 2.98. The lowest BCUT2D eigenvalue weighted by Gasteiger charge is -2.16. The van der Waals surface area contributed by atoms with Gasteiger partial charge in [-0.05, 0) is 48.5 Å². The number of azo groups is 2. The highest BCUT2D eigenvalue weighted by atomic mass is 15.2. The Morgan fingerprint density at radius 3 is 1.84 bits per heavy atom. The first-order valence-electron chi connectivity index (χ1n) is 10.0. The van der Waals surface area contributed by atoms with Crippen LogP contribution in [0.25, 0.3) is 0 Å². The number of nitrogens with one attached hydrogen (secondary N) is 2. The van der Waals surface area contributed by atoms with E-state index in [2.05, 4.69) is 31.1 Å². The van der Waals surface area contributed by atoms with Crippen LogP contribution in [0.4, 0.5) is 56.9 Å². The molecule has 0 spiro atoms. The molecule has 2 bridgehead atoms. The average molecular weight is 420 g/mol. The molecule has 0 unspecified atom stereocenters. The summed E-state index contributed by atoms with van der Waals surface area (Å²) in [4.78, 5) is 0. The zero-order valence-electron chi connectivity index (χ0n) is 17.0. The lowest BCUT2D eigenvalue weighted by atomic mass is 10.1. The van der Waals surface area contributed by atoms with Crippen LogP contribution in [0.1, 0.15) is 0 Å². The third-order valence-electron chi connectivity index (χ3n) is 4.96. The van der Waals surface area contributed by atoms with Crippen LogP contribution >= 0.6 is 0 Å². The highest BCUT2D eigenvalue weighted by Gasteiger charge is 2.20. The summed E-state index contributed by atoms with van der Waals surface area (Å²) in [5.41, 5.74) is 18.9. The maximum Gasteiger partial charge on any atom is 0.113 e. The first kappa shape index (κ1) is 19.3. The van der Waals surface area contributed by atoms with Crippen molar-refractivity contribution in [2.45, 2.75) is 0 Å². The SMILES string of the molecule is Nc1cc(N=Nc2ccccc2)c2c(c1N)Nc1ccc(N=Nc3ccccc3)c(c1)N2. The van der Waals surface area contributed by atoms with Gasteiger partial charge >= 0.3 is 0 Å². The van der Waals surface area contributed by atoms with Gasteiger partial charge in [0.2, 0.25) is 0 Å². The number of nitrogens with two attached hydrogens (primary N) is 2. The number of hydrogen-bond acceptors (Lipinski definition) is 8. The van der Waals surface area contributed by atoms with Gasteiger partial charge < -0.3 is 22.1 Å². The number of benzene rings is 4. The van der Waals surface area contributed by atoms with Crippen LogP contribution in [0.5, 0.6) is 0 Å². The summed E-state index contributed by atoms with van der Waals surface area (Å²) in [6.07, 6.45) is 0. The summed E-state index contributed by atoms with van der Waals surface area (Å²) < 4.78 is 0. The van der Waals surface area contributed by atoms with Gasteiger partial charge in [0.1, 0.15) is 11.4 Å².